The Kier molecular flexibility index (Phi) is 4.68. The molecule has 0 atom stereocenters. The van der Waals surface area contributed by atoms with Gasteiger partial charge in [-0.25, -0.2) is 0 Å². The second-order valence-corrected chi connectivity index (χ2v) is 4.27. The lowest BCUT2D eigenvalue weighted by molar-refractivity contribution is 1.08. The molecular formula is C9H9Cl2N5S. The maximum absolute atomic E-state index is 6.03. The highest BCUT2D eigenvalue weighted by atomic mass is 35.5. The van der Waals surface area contributed by atoms with Crippen LogP contribution in [0.25, 0.3) is 10.6 Å². The van der Waals surface area contributed by atoms with Crippen molar-refractivity contribution in [3.63, 3.8) is 0 Å². The van der Waals surface area contributed by atoms with E-state index in [2.05, 4.69) is 15.2 Å². The summed E-state index contributed by atoms with van der Waals surface area (Å²) >= 11 is 7.30. The molecule has 5 nitrogen and oxygen atoms in total. The van der Waals surface area contributed by atoms with Crippen molar-refractivity contribution in [2.75, 3.05) is 0 Å². The number of rotatable bonds is 2. The van der Waals surface area contributed by atoms with Gasteiger partial charge in [0.25, 0.3) is 0 Å². The van der Waals surface area contributed by atoms with Gasteiger partial charge in [0.05, 0.1) is 5.02 Å². The molecule has 90 valence electrons. The molecule has 0 aliphatic rings. The first kappa shape index (κ1) is 13.7. The Morgan fingerprint density at radius 1 is 1.24 bits per heavy atom. The molecule has 0 saturated carbocycles. The van der Waals surface area contributed by atoms with E-state index < -0.39 is 0 Å². The van der Waals surface area contributed by atoms with Crippen LogP contribution in [0.15, 0.2) is 29.3 Å². The van der Waals surface area contributed by atoms with Crippen molar-refractivity contribution in [3.8, 4) is 10.6 Å². The summed E-state index contributed by atoms with van der Waals surface area (Å²) in [5.74, 6) is -0.0399. The van der Waals surface area contributed by atoms with Crippen molar-refractivity contribution in [2.24, 2.45) is 16.5 Å². The van der Waals surface area contributed by atoms with Crippen LogP contribution in [-0.4, -0.2) is 16.2 Å². The van der Waals surface area contributed by atoms with E-state index in [1.54, 1.807) is 6.07 Å². The van der Waals surface area contributed by atoms with Crippen molar-refractivity contribution in [1.82, 2.24) is 10.2 Å². The van der Waals surface area contributed by atoms with Gasteiger partial charge in [-0.15, -0.1) is 22.6 Å². The Balaban J connectivity index is 0.00000144. The SMILES string of the molecule is Cl.NC(N)=Nc1nnc(-c2ccccc2Cl)s1. The average Bonchev–Trinajstić information content (AvgIpc) is 2.66. The molecular weight excluding hydrogens is 281 g/mol. The van der Waals surface area contributed by atoms with E-state index >= 15 is 0 Å². The highest BCUT2D eigenvalue weighted by Gasteiger charge is 2.08. The summed E-state index contributed by atoms with van der Waals surface area (Å²) in [5, 5.41) is 9.52. The molecule has 0 aliphatic heterocycles. The highest BCUT2D eigenvalue weighted by molar-refractivity contribution is 7.18. The summed E-state index contributed by atoms with van der Waals surface area (Å²) in [5.41, 5.74) is 11.3. The molecule has 2 aromatic rings. The van der Waals surface area contributed by atoms with Gasteiger partial charge in [-0.1, -0.05) is 41.1 Å². The molecule has 0 saturated heterocycles. The van der Waals surface area contributed by atoms with Gasteiger partial charge < -0.3 is 11.5 Å². The lowest BCUT2D eigenvalue weighted by Crippen LogP contribution is -2.21. The number of benzene rings is 1. The molecule has 8 heteroatoms. The predicted molar refractivity (Wildman–Crippen MR) is 73.1 cm³/mol. The first-order chi connectivity index (χ1) is 7.66. The molecule has 0 bridgehead atoms. The molecule has 0 aliphatic carbocycles. The van der Waals surface area contributed by atoms with Gasteiger partial charge in [0.15, 0.2) is 11.0 Å². The molecule has 0 radical (unpaired) electrons. The maximum Gasteiger partial charge on any atom is 0.235 e. The van der Waals surface area contributed by atoms with Crippen LogP contribution in [0.3, 0.4) is 0 Å². The zero-order chi connectivity index (χ0) is 11.5. The van der Waals surface area contributed by atoms with E-state index in [1.807, 2.05) is 18.2 Å². The first-order valence-corrected chi connectivity index (χ1v) is 5.54. The van der Waals surface area contributed by atoms with Gasteiger partial charge in [-0.3, -0.25) is 0 Å². The van der Waals surface area contributed by atoms with Gasteiger partial charge in [-0.05, 0) is 6.07 Å². The molecule has 17 heavy (non-hydrogen) atoms. The standard InChI is InChI=1S/C9H8ClN5S.ClH/c10-6-4-2-1-3-5(6)7-14-15-9(16-7)13-8(11)12;/h1-4H,(H4,11,12,13,15);1H. The van der Waals surface area contributed by atoms with Crippen LogP contribution >= 0.6 is 35.3 Å². The normalized spacial score (nSPS) is 9.47. The summed E-state index contributed by atoms with van der Waals surface area (Å²) in [7, 11) is 0. The Bertz CT molecular complexity index is 536. The van der Waals surface area contributed by atoms with Gasteiger partial charge in [0, 0.05) is 5.56 Å². The van der Waals surface area contributed by atoms with E-state index in [9.17, 15) is 0 Å². The number of halogens is 2. The van der Waals surface area contributed by atoms with Crippen LogP contribution in [0.1, 0.15) is 0 Å². The number of nitrogens with zero attached hydrogens (tertiary/aromatic N) is 3. The fourth-order valence-corrected chi connectivity index (χ4v) is 2.17. The number of guanidine groups is 1. The third-order valence-corrected chi connectivity index (χ3v) is 2.92. The van der Waals surface area contributed by atoms with Gasteiger partial charge in [-0.2, -0.15) is 4.99 Å². The van der Waals surface area contributed by atoms with Crippen molar-refractivity contribution in [1.29, 1.82) is 0 Å². The molecule has 1 heterocycles. The lowest BCUT2D eigenvalue weighted by atomic mass is 10.2. The van der Waals surface area contributed by atoms with Crippen molar-refractivity contribution < 1.29 is 0 Å². The van der Waals surface area contributed by atoms with Gasteiger partial charge >= 0.3 is 0 Å². The third-order valence-electron chi connectivity index (χ3n) is 1.74. The van der Waals surface area contributed by atoms with E-state index in [4.69, 9.17) is 23.1 Å². The zero-order valence-corrected chi connectivity index (χ0v) is 10.9. The summed E-state index contributed by atoms with van der Waals surface area (Å²) < 4.78 is 0. The Labute approximate surface area is 113 Å². The van der Waals surface area contributed by atoms with Crippen LogP contribution in [0.5, 0.6) is 0 Å². The van der Waals surface area contributed by atoms with E-state index in [-0.39, 0.29) is 18.4 Å². The van der Waals surface area contributed by atoms with E-state index in [0.29, 0.717) is 15.2 Å². The largest absolute Gasteiger partial charge is 0.370 e. The van der Waals surface area contributed by atoms with Gasteiger partial charge in [0.1, 0.15) is 0 Å². The van der Waals surface area contributed by atoms with Crippen LogP contribution in [0.4, 0.5) is 5.13 Å². The second kappa shape index (κ2) is 5.81. The molecule has 0 unspecified atom stereocenters. The summed E-state index contributed by atoms with van der Waals surface area (Å²) in [6.45, 7) is 0. The molecule has 0 spiro atoms. The van der Waals surface area contributed by atoms with Crippen LogP contribution < -0.4 is 11.5 Å². The molecule has 1 aromatic heterocycles. The zero-order valence-electron chi connectivity index (χ0n) is 8.50. The Hall–Kier alpha value is -1.37. The fraction of sp³-hybridized carbons (Fsp3) is 0. The molecule has 4 N–H and O–H groups in total. The van der Waals surface area contributed by atoms with Gasteiger partial charge in [0.2, 0.25) is 5.13 Å². The number of hydrogen-bond acceptors (Lipinski definition) is 4. The highest BCUT2D eigenvalue weighted by Crippen LogP contribution is 2.32. The number of aliphatic imine (C=N–C) groups is 1. The van der Waals surface area contributed by atoms with E-state index in [0.717, 1.165) is 5.56 Å². The van der Waals surface area contributed by atoms with Crippen molar-refractivity contribution in [3.05, 3.63) is 29.3 Å². The lowest BCUT2D eigenvalue weighted by Gasteiger charge is -1.96. The predicted octanol–water partition coefficient (Wildman–Crippen LogP) is 2.19. The van der Waals surface area contributed by atoms with E-state index in [1.165, 1.54) is 11.3 Å². The Morgan fingerprint density at radius 3 is 2.59 bits per heavy atom. The van der Waals surface area contributed by atoms with Crippen LogP contribution in [0.2, 0.25) is 5.02 Å². The first-order valence-electron chi connectivity index (χ1n) is 4.35. The smallest absolute Gasteiger partial charge is 0.235 e. The molecule has 0 fully saturated rings. The summed E-state index contributed by atoms with van der Waals surface area (Å²) in [6.07, 6.45) is 0. The number of nitrogens with two attached hydrogens (primary N) is 2. The minimum atomic E-state index is -0.0399. The molecule has 0 amide bonds. The Morgan fingerprint density at radius 2 is 1.94 bits per heavy atom. The maximum atomic E-state index is 6.03. The summed E-state index contributed by atoms with van der Waals surface area (Å²) in [6, 6.07) is 7.38. The van der Waals surface area contributed by atoms with Crippen molar-refractivity contribution >= 4 is 46.4 Å². The monoisotopic (exact) mass is 289 g/mol. The number of hydrogen-bond donors (Lipinski definition) is 2. The fourth-order valence-electron chi connectivity index (χ4n) is 1.11. The van der Waals surface area contributed by atoms with Crippen LogP contribution in [-0.2, 0) is 0 Å². The average molecular weight is 290 g/mol. The van der Waals surface area contributed by atoms with Crippen LogP contribution in [0, 0.1) is 0 Å². The second-order valence-electron chi connectivity index (χ2n) is 2.91. The summed E-state index contributed by atoms with van der Waals surface area (Å²) in [4.78, 5) is 3.81. The topological polar surface area (TPSA) is 90.2 Å². The quantitative estimate of drug-likeness (QED) is 0.655. The van der Waals surface area contributed by atoms with Crippen molar-refractivity contribution in [2.45, 2.75) is 0 Å². The minimum absolute atomic E-state index is 0. The number of aromatic nitrogens is 2. The third kappa shape index (κ3) is 3.29. The molecule has 1 aromatic carbocycles. The molecule has 2 rings (SSSR count). The minimum Gasteiger partial charge on any atom is -0.370 e.